The first-order valence-electron chi connectivity index (χ1n) is 5.52. The van der Waals surface area contributed by atoms with Gasteiger partial charge in [-0.25, -0.2) is 4.98 Å². The SMILES string of the molecule is OCc1nc(-c2ccccc2)c2ccccn12. The normalized spacial score (nSPS) is 10.9. The summed E-state index contributed by atoms with van der Waals surface area (Å²) in [6.07, 6.45) is 1.92. The summed E-state index contributed by atoms with van der Waals surface area (Å²) in [6, 6.07) is 15.9. The van der Waals surface area contributed by atoms with E-state index >= 15 is 0 Å². The third-order valence-corrected chi connectivity index (χ3v) is 2.81. The van der Waals surface area contributed by atoms with Gasteiger partial charge in [-0.3, -0.25) is 0 Å². The van der Waals surface area contributed by atoms with E-state index in [1.54, 1.807) is 0 Å². The molecule has 0 bridgehead atoms. The molecule has 0 spiro atoms. The minimum Gasteiger partial charge on any atom is -0.388 e. The zero-order valence-electron chi connectivity index (χ0n) is 9.24. The second kappa shape index (κ2) is 4.03. The maximum Gasteiger partial charge on any atom is 0.139 e. The lowest BCUT2D eigenvalue weighted by Crippen LogP contribution is -1.92. The van der Waals surface area contributed by atoms with E-state index < -0.39 is 0 Å². The van der Waals surface area contributed by atoms with Crippen molar-refractivity contribution < 1.29 is 5.11 Å². The summed E-state index contributed by atoms with van der Waals surface area (Å²) in [7, 11) is 0. The van der Waals surface area contributed by atoms with Crippen LogP contribution in [0.15, 0.2) is 54.7 Å². The van der Waals surface area contributed by atoms with Gasteiger partial charge in [0, 0.05) is 11.8 Å². The highest BCUT2D eigenvalue weighted by Gasteiger charge is 2.10. The maximum absolute atomic E-state index is 9.31. The molecule has 0 aliphatic carbocycles. The standard InChI is InChI=1S/C14H12N2O/c17-10-13-15-14(11-6-2-1-3-7-11)12-8-4-5-9-16(12)13/h1-9,17H,10H2. The van der Waals surface area contributed by atoms with Crippen molar-refractivity contribution in [2.75, 3.05) is 0 Å². The van der Waals surface area contributed by atoms with Gasteiger partial charge >= 0.3 is 0 Å². The van der Waals surface area contributed by atoms with E-state index in [0.29, 0.717) is 5.82 Å². The zero-order chi connectivity index (χ0) is 11.7. The molecule has 17 heavy (non-hydrogen) atoms. The molecule has 3 aromatic rings. The van der Waals surface area contributed by atoms with Gasteiger partial charge < -0.3 is 9.51 Å². The molecule has 84 valence electrons. The van der Waals surface area contributed by atoms with Crippen LogP contribution in [-0.4, -0.2) is 14.5 Å². The van der Waals surface area contributed by atoms with Crippen molar-refractivity contribution in [3.8, 4) is 11.3 Å². The van der Waals surface area contributed by atoms with Crippen LogP contribution in [0.4, 0.5) is 0 Å². The second-order valence-corrected chi connectivity index (χ2v) is 3.86. The van der Waals surface area contributed by atoms with Crippen LogP contribution in [0.5, 0.6) is 0 Å². The first-order valence-corrected chi connectivity index (χ1v) is 5.52. The van der Waals surface area contributed by atoms with Crippen molar-refractivity contribution in [2.24, 2.45) is 0 Å². The molecule has 3 rings (SSSR count). The van der Waals surface area contributed by atoms with Crippen LogP contribution in [0, 0.1) is 0 Å². The number of nitrogens with zero attached hydrogens (tertiary/aromatic N) is 2. The Morgan fingerprint density at radius 2 is 1.76 bits per heavy atom. The molecule has 0 radical (unpaired) electrons. The summed E-state index contributed by atoms with van der Waals surface area (Å²) < 4.78 is 1.92. The highest BCUT2D eigenvalue weighted by Crippen LogP contribution is 2.24. The van der Waals surface area contributed by atoms with Gasteiger partial charge in [-0.15, -0.1) is 0 Å². The molecule has 0 saturated heterocycles. The van der Waals surface area contributed by atoms with Crippen LogP contribution >= 0.6 is 0 Å². The molecule has 2 aromatic heterocycles. The molecule has 1 aromatic carbocycles. The number of rotatable bonds is 2. The van der Waals surface area contributed by atoms with Crippen LogP contribution in [0.25, 0.3) is 16.8 Å². The van der Waals surface area contributed by atoms with Crippen molar-refractivity contribution in [3.05, 3.63) is 60.6 Å². The van der Waals surface area contributed by atoms with E-state index in [2.05, 4.69) is 4.98 Å². The van der Waals surface area contributed by atoms with Crippen LogP contribution < -0.4 is 0 Å². The molecule has 0 fully saturated rings. The molecule has 1 N–H and O–H groups in total. The van der Waals surface area contributed by atoms with Gasteiger partial charge in [-0.05, 0) is 12.1 Å². The molecular formula is C14H12N2O. The number of imidazole rings is 1. The Morgan fingerprint density at radius 3 is 2.53 bits per heavy atom. The lowest BCUT2D eigenvalue weighted by atomic mass is 10.1. The number of aromatic nitrogens is 2. The monoisotopic (exact) mass is 224 g/mol. The van der Waals surface area contributed by atoms with Gasteiger partial charge in [-0.1, -0.05) is 36.4 Å². The molecule has 3 heteroatoms. The lowest BCUT2D eigenvalue weighted by molar-refractivity contribution is 0.271. The van der Waals surface area contributed by atoms with Crippen molar-refractivity contribution >= 4 is 5.52 Å². The number of benzene rings is 1. The number of pyridine rings is 1. The Bertz CT molecular complexity index is 644. The quantitative estimate of drug-likeness (QED) is 0.726. The highest BCUT2D eigenvalue weighted by atomic mass is 16.3. The molecule has 0 amide bonds. The summed E-state index contributed by atoms with van der Waals surface area (Å²) in [5, 5.41) is 9.31. The molecule has 0 unspecified atom stereocenters. The number of aliphatic hydroxyl groups is 1. The van der Waals surface area contributed by atoms with E-state index in [4.69, 9.17) is 0 Å². The highest BCUT2D eigenvalue weighted by molar-refractivity contribution is 5.77. The van der Waals surface area contributed by atoms with Crippen molar-refractivity contribution in [2.45, 2.75) is 6.61 Å². The summed E-state index contributed by atoms with van der Waals surface area (Å²) in [5.41, 5.74) is 2.99. The second-order valence-electron chi connectivity index (χ2n) is 3.86. The summed E-state index contributed by atoms with van der Waals surface area (Å²) >= 11 is 0. The topological polar surface area (TPSA) is 37.5 Å². The smallest absolute Gasteiger partial charge is 0.139 e. The summed E-state index contributed by atoms with van der Waals surface area (Å²) in [4.78, 5) is 4.49. The Labute approximate surface area is 99.0 Å². The van der Waals surface area contributed by atoms with Crippen LogP contribution in [0.3, 0.4) is 0 Å². The predicted molar refractivity (Wildman–Crippen MR) is 66.6 cm³/mol. The van der Waals surface area contributed by atoms with Gasteiger partial charge in [0.25, 0.3) is 0 Å². The van der Waals surface area contributed by atoms with E-state index in [1.807, 2.05) is 59.1 Å². The largest absolute Gasteiger partial charge is 0.388 e. The fourth-order valence-corrected chi connectivity index (χ4v) is 2.02. The van der Waals surface area contributed by atoms with Crippen molar-refractivity contribution in [3.63, 3.8) is 0 Å². The van der Waals surface area contributed by atoms with E-state index in [9.17, 15) is 5.11 Å². The maximum atomic E-state index is 9.31. The fraction of sp³-hybridized carbons (Fsp3) is 0.0714. The number of hydrogen-bond acceptors (Lipinski definition) is 2. The number of hydrogen-bond donors (Lipinski definition) is 1. The third kappa shape index (κ3) is 1.61. The average Bonchev–Trinajstić information content (AvgIpc) is 2.78. The van der Waals surface area contributed by atoms with Gasteiger partial charge in [-0.2, -0.15) is 0 Å². The fourth-order valence-electron chi connectivity index (χ4n) is 2.02. The lowest BCUT2D eigenvalue weighted by Gasteiger charge is -1.98. The molecule has 2 heterocycles. The first-order chi connectivity index (χ1) is 8.40. The van der Waals surface area contributed by atoms with Gasteiger partial charge in [0.2, 0.25) is 0 Å². The molecule has 0 saturated carbocycles. The minimum atomic E-state index is -0.0575. The van der Waals surface area contributed by atoms with Crippen LogP contribution in [0.1, 0.15) is 5.82 Å². The molecule has 0 atom stereocenters. The van der Waals surface area contributed by atoms with Crippen molar-refractivity contribution in [1.82, 2.24) is 9.38 Å². The number of aliphatic hydroxyl groups excluding tert-OH is 1. The summed E-state index contributed by atoms with van der Waals surface area (Å²) in [5.74, 6) is 0.666. The van der Waals surface area contributed by atoms with Crippen LogP contribution in [-0.2, 0) is 6.61 Å². The Balaban J connectivity index is 2.31. The third-order valence-electron chi connectivity index (χ3n) is 2.81. The van der Waals surface area contributed by atoms with Gasteiger partial charge in [0.05, 0.1) is 11.2 Å². The zero-order valence-corrected chi connectivity index (χ0v) is 9.24. The Kier molecular flexibility index (Phi) is 2.38. The van der Waals surface area contributed by atoms with Crippen LogP contribution in [0.2, 0.25) is 0 Å². The van der Waals surface area contributed by atoms with E-state index in [1.165, 1.54) is 0 Å². The minimum absolute atomic E-state index is 0.0575. The molecular weight excluding hydrogens is 212 g/mol. The first kappa shape index (κ1) is 10.1. The average molecular weight is 224 g/mol. The van der Waals surface area contributed by atoms with Gasteiger partial charge in [0.1, 0.15) is 12.4 Å². The molecule has 3 nitrogen and oxygen atoms in total. The Morgan fingerprint density at radius 1 is 1.00 bits per heavy atom. The summed E-state index contributed by atoms with van der Waals surface area (Å²) in [6.45, 7) is -0.0575. The van der Waals surface area contributed by atoms with Crippen molar-refractivity contribution in [1.29, 1.82) is 0 Å². The Hall–Kier alpha value is -2.13. The predicted octanol–water partition coefficient (Wildman–Crippen LogP) is 2.49. The molecule has 0 aliphatic heterocycles. The van der Waals surface area contributed by atoms with Gasteiger partial charge in [0.15, 0.2) is 0 Å². The van der Waals surface area contributed by atoms with E-state index in [-0.39, 0.29) is 6.61 Å². The molecule has 0 aliphatic rings. The van der Waals surface area contributed by atoms with E-state index in [0.717, 1.165) is 16.8 Å². The number of fused-ring (bicyclic) bond motifs is 1.